The fourth-order valence-corrected chi connectivity index (χ4v) is 2.19. The Hall–Kier alpha value is -1.06. The van der Waals surface area contributed by atoms with E-state index in [0.29, 0.717) is 6.54 Å². The molecule has 0 bridgehead atoms. The van der Waals surface area contributed by atoms with Gasteiger partial charge in [0, 0.05) is 17.6 Å². The molecule has 1 aromatic rings. The van der Waals surface area contributed by atoms with Gasteiger partial charge in [-0.3, -0.25) is 4.90 Å². The van der Waals surface area contributed by atoms with Crippen LogP contribution in [0.15, 0.2) is 18.2 Å². The van der Waals surface area contributed by atoms with E-state index in [1.807, 2.05) is 0 Å². The number of nitrogens with two attached hydrogens (primary N) is 1. The highest BCUT2D eigenvalue weighted by molar-refractivity contribution is 5.37. The molecule has 0 amide bonds. The molecular formula is C16H28N2O. The maximum absolute atomic E-state index is 5.70. The van der Waals surface area contributed by atoms with E-state index >= 15 is 0 Å². The number of hydrogen-bond donors (Lipinski definition) is 1. The van der Waals surface area contributed by atoms with Gasteiger partial charge in [0.2, 0.25) is 0 Å². The summed E-state index contributed by atoms with van der Waals surface area (Å²) in [5.74, 6) is 0.965. The fourth-order valence-electron chi connectivity index (χ4n) is 2.19. The molecule has 0 aromatic heterocycles. The smallest absolute Gasteiger partial charge is 0.123 e. The molecule has 0 fully saturated rings. The lowest BCUT2D eigenvalue weighted by molar-refractivity contribution is 0.138. The quantitative estimate of drug-likeness (QED) is 0.823. The van der Waals surface area contributed by atoms with Crippen LogP contribution in [0.4, 0.5) is 0 Å². The summed E-state index contributed by atoms with van der Waals surface area (Å²) in [5.41, 5.74) is 8.39. The Morgan fingerprint density at radius 1 is 1.32 bits per heavy atom. The minimum Gasteiger partial charge on any atom is -0.496 e. The fraction of sp³-hybridized carbons (Fsp3) is 0.625. The maximum Gasteiger partial charge on any atom is 0.123 e. The summed E-state index contributed by atoms with van der Waals surface area (Å²) in [6.07, 6.45) is 2.03. The lowest BCUT2D eigenvalue weighted by Crippen LogP contribution is -2.42. The Bertz CT molecular complexity index is 402. The van der Waals surface area contributed by atoms with Crippen LogP contribution in [0.1, 0.15) is 38.3 Å². The third-order valence-corrected chi connectivity index (χ3v) is 3.95. The number of aryl methyl sites for hydroxylation is 1. The van der Waals surface area contributed by atoms with Crippen LogP contribution in [-0.4, -0.2) is 31.1 Å². The molecule has 0 saturated heterocycles. The van der Waals surface area contributed by atoms with Crippen LogP contribution in [0.2, 0.25) is 0 Å². The van der Waals surface area contributed by atoms with Crippen molar-refractivity contribution in [2.45, 2.75) is 45.7 Å². The second-order valence-corrected chi connectivity index (χ2v) is 5.71. The number of benzene rings is 1. The molecule has 3 heteroatoms. The molecule has 0 radical (unpaired) electrons. The molecule has 19 heavy (non-hydrogen) atoms. The van der Waals surface area contributed by atoms with Gasteiger partial charge in [0.15, 0.2) is 0 Å². The molecular weight excluding hydrogens is 236 g/mol. The summed E-state index contributed by atoms with van der Waals surface area (Å²) in [6.45, 7) is 8.23. The van der Waals surface area contributed by atoms with Crippen molar-refractivity contribution < 1.29 is 4.74 Å². The molecule has 0 aliphatic carbocycles. The van der Waals surface area contributed by atoms with E-state index in [0.717, 1.165) is 25.1 Å². The van der Waals surface area contributed by atoms with E-state index < -0.39 is 0 Å². The molecule has 1 rings (SSSR count). The molecule has 3 nitrogen and oxygen atoms in total. The second kappa shape index (κ2) is 6.92. The molecule has 0 aliphatic rings. The van der Waals surface area contributed by atoms with Crippen molar-refractivity contribution in [2.24, 2.45) is 5.73 Å². The van der Waals surface area contributed by atoms with Crippen LogP contribution in [-0.2, 0) is 13.0 Å². The van der Waals surface area contributed by atoms with Gasteiger partial charge in [-0.2, -0.15) is 0 Å². The summed E-state index contributed by atoms with van der Waals surface area (Å²) in [7, 11) is 3.88. The molecule has 108 valence electrons. The first-order valence-corrected chi connectivity index (χ1v) is 7.01. The van der Waals surface area contributed by atoms with Crippen molar-refractivity contribution >= 4 is 0 Å². The van der Waals surface area contributed by atoms with Gasteiger partial charge in [-0.15, -0.1) is 0 Å². The van der Waals surface area contributed by atoms with E-state index in [1.54, 1.807) is 7.11 Å². The lowest BCUT2D eigenvalue weighted by atomic mass is 9.97. The van der Waals surface area contributed by atoms with Crippen LogP contribution < -0.4 is 10.5 Å². The molecule has 1 aromatic carbocycles. The molecule has 0 unspecified atom stereocenters. The Morgan fingerprint density at radius 2 is 2.00 bits per heavy atom. The van der Waals surface area contributed by atoms with Crippen molar-refractivity contribution in [1.82, 2.24) is 4.90 Å². The van der Waals surface area contributed by atoms with Gasteiger partial charge in [0.05, 0.1) is 7.11 Å². The molecule has 2 N–H and O–H groups in total. The van der Waals surface area contributed by atoms with E-state index in [4.69, 9.17) is 10.5 Å². The predicted octanol–water partition coefficient (Wildman–Crippen LogP) is 2.82. The molecule has 0 aliphatic heterocycles. The zero-order valence-corrected chi connectivity index (χ0v) is 13.0. The number of methoxy groups -OCH3 is 1. The first-order chi connectivity index (χ1) is 8.94. The second-order valence-electron chi connectivity index (χ2n) is 5.71. The normalized spacial score (nSPS) is 11.9. The Morgan fingerprint density at radius 3 is 2.53 bits per heavy atom. The summed E-state index contributed by atoms with van der Waals surface area (Å²) in [6, 6.07) is 6.44. The van der Waals surface area contributed by atoms with Gasteiger partial charge in [-0.25, -0.2) is 0 Å². The summed E-state index contributed by atoms with van der Waals surface area (Å²) in [4.78, 5) is 2.34. The average Bonchev–Trinajstić information content (AvgIpc) is 2.38. The van der Waals surface area contributed by atoms with E-state index in [1.165, 1.54) is 11.1 Å². The molecule has 0 heterocycles. The van der Waals surface area contributed by atoms with Gasteiger partial charge in [-0.1, -0.05) is 19.1 Å². The highest BCUT2D eigenvalue weighted by Gasteiger charge is 2.23. The standard InChI is InChI=1S/C16H28N2O/c1-6-13-7-8-15(19-5)14(11-13)12-18(4)16(2,3)9-10-17/h7-8,11H,6,9-10,12,17H2,1-5H3. The Kier molecular flexibility index (Phi) is 5.83. The van der Waals surface area contributed by atoms with Gasteiger partial charge >= 0.3 is 0 Å². The molecule has 0 saturated carbocycles. The van der Waals surface area contributed by atoms with Gasteiger partial charge in [0.25, 0.3) is 0 Å². The van der Waals surface area contributed by atoms with Crippen LogP contribution in [0.5, 0.6) is 5.75 Å². The third-order valence-electron chi connectivity index (χ3n) is 3.95. The zero-order chi connectivity index (χ0) is 14.5. The van der Waals surface area contributed by atoms with Gasteiger partial charge in [0.1, 0.15) is 5.75 Å². The minimum absolute atomic E-state index is 0.0992. The predicted molar refractivity (Wildman–Crippen MR) is 81.6 cm³/mol. The number of hydrogen-bond acceptors (Lipinski definition) is 3. The van der Waals surface area contributed by atoms with Crippen molar-refractivity contribution in [3.8, 4) is 5.75 Å². The van der Waals surface area contributed by atoms with Crippen molar-refractivity contribution in [3.05, 3.63) is 29.3 Å². The van der Waals surface area contributed by atoms with Gasteiger partial charge in [-0.05, 0) is 51.9 Å². The molecule has 0 atom stereocenters. The van der Waals surface area contributed by atoms with Crippen molar-refractivity contribution in [1.29, 1.82) is 0 Å². The van der Waals surface area contributed by atoms with Gasteiger partial charge < -0.3 is 10.5 Å². The Labute approximate surface area is 117 Å². The van der Waals surface area contributed by atoms with E-state index in [2.05, 4.69) is 50.9 Å². The van der Waals surface area contributed by atoms with E-state index in [9.17, 15) is 0 Å². The SMILES string of the molecule is CCc1ccc(OC)c(CN(C)C(C)(C)CCN)c1. The number of nitrogens with zero attached hydrogens (tertiary/aromatic N) is 1. The highest BCUT2D eigenvalue weighted by Crippen LogP contribution is 2.25. The van der Waals surface area contributed by atoms with Crippen LogP contribution in [0.25, 0.3) is 0 Å². The highest BCUT2D eigenvalue weighted by atomic mass is 16.5. The topological polar surface area (TPSA) is 38.5 Å². The Balaban J connectivity index is 2.91. The number of ether oxygens (including phenoxy) is 1. The number of rotatable bonds is 7. The third kappa shape index (κ3) is 4.22. The monoisotopic (exact) mass is 264 g/mol. The first-order valence-electron chi connectivity index (χ1n) is 7.01. The summed E-state index contributed by atoms with van der Waals surface area (Å²) >= 11 is 0. The lowest BCUT2D eigenvalue weighted by Gasteiger charge is -2.36. The minimum atomic E-state index is 0.0992. The van der Waals surface area contributed by atoms with Crippen molar-refractivity contribution in [2.75, 3.05) is 20.7 Å². The van der Waals surface area contributed by atoms with Crippen molar-refractivity contribution in [3.63, 3.8) is 0 Å². The molecule has 0 spiro atoms. The summed E-state index contributed by atoms with van der Waals surface area (Å²) < 4.78 is 5.47. The van der Waals surface area contributed by atoms with E-state index in [-0.39, 0.29) is 5.54 Å². The average molecular weight is 264 g/mol. The summed E-state index contributed by atoms with van der Waals surface area (Å²) in [5, 5.41) is 0. The first kappa shape index (κ1) is 16.0. The maximum atomic E-state index is 5.70. The largest absolute Gasteiger partial charge is 0.496 e. The van der Waals surface area contributed by atoms with Crippen LogP contribution in [0.3, 0.4) is 0 Å². The van der Waals surface area contributed by atoms with Crippen LogP contribution in [0, 0.1) is 0 Å². The van der Waals surface area contributed by atoms with Crippen LogP contribution >= 0.6 is 0 Å². The zero-order valence-electron chi connectivity index (χ0n) is 13.0.